The van der Waals surface area contributed by atoms with E-state index >= 15 is 0 Å². The van der Waals surface area contributed by atoms with Gasteiger partial charge in [-0.1, -0.05) is 73.9 Å². The maximum absolute atomic E-state index is 6.02. The van der Waals surface area contributed by atoms with E-state index < -0.39 is 0 Å². The molecule has 0 aromatic heterocycles. The molecule has 0 heterocycles. The van der Waals surface area contributed by atoms with Crippen molar-refractivity contribution in [2.45, 2.75) is 19.3 Å². The predicted molar refractivity (Wildman–Crippen MR) is 86.9 cm³/mol. The molecule has 0 saturated heterocycles. The zero-order valence-corrected chi connectivity index (χ0v) is 11.8. The van der Waals surface area contributed by atoms with Gasteiger partial charge in [0.15, 0.2) is 0 Å². The number of fused-ring (bicyclic) bond motifs is 2. The molecule has 0 aliphatic heterocycles. The van der Waals surface area contributed by atoms with E-state index in [0.29, 0.717) is 0 Å². The van der Waals surface area contributed by atoms with Gasteiger partial charge in [-0.25, -0.2) is 0 Å². The van der Waals surface area contributed by atoms with Crippen molar-refractivity contribution in [3.8, 4) is 11.1 Å². The second kappa shape index (κ2) is 3.76. The summed E-state index contributed by atoms with van der Waals surface area (Å²) in [7, 11) is 6.02. The van der Waals surface area contributed by atoms with E-state index in [-0.39, 0.29) is 5.41 Å². The first-order chi connectivity index (χ1) is 9.59. The minimum absolute atomic E-state index is 0.0108. The lowest BCUT2D eigenvalue weighted by Gasteiger charge is -2.35. The fourth-order valence-electron chi connectivity index (χ4n) is 3.56. The summed E-state index contributed by atoms with van der Waals surface area (Å²) in [6.45, 7) is 4.60. The summed E-state index contributed by atoms with van der Waals surface area (Å²) in [5, 5.41) is 2.68. The molecule has 0 unspecified atom stereocenters. The molecule has 0 amide bonds. The molecule has 0 nitrogen and oxygen atoms in total. The Bertz CT molecular complexity index is 838. The Morgan fingerprint density at radius 2 is 1.55 bits per heavy atom. The minimum atomic E-state index is 0.0108. The van der Waals surface area contributed by atoms with Crippen molar-refractivity contribution < 1.29 is 0 Å². The van der Waals surface area contributed by atoms with E-state index in [9.17, 15) is 0 Å². The fourth-order valence-corrected chi connectivity index (χ4v) is 3.56. The highest BCUT2D eigenvalue weighted by atomic mass is 14.4. The Morgan fingerprint density at radius 3 is 2.35 bits per heavy atom. The summed E-state index contributed by atoms with van der Waals surface area (Å²) in [6, 6.07) is 19.4. The maximum atomic E-state index is 6.02. The number of hydrogen-bond donors (Lipinski definition) is 0. The lowest BCUT2D eigenvalue weighted by Crippen LogP contribution is -2.24. The first-order valence-corrected chi connectivity index (χ1v) is 7.01. The average molecular weight is 254 g/mol. The Kier molecular flexibility index (Phi) is 2.21. The van der Waals surface area contributed by atoms with Gasteiger partial charge in [0.25, 0.3) is 0 Å². The fraction of sp³-hybridized carbons (Fsp3) is 0.158. The Hall–Kier alpha value is -2.02. The summed E-state index contributed by atoms with van der Waals surface area (Å²) >= 11 is 0. The van der Waals surface area contributed by atoms with Crippen LogP contribution in [0.4, 0.5) is 0 Å². The highest BCUT2D eigenvalue weighted by molar-refractivity contribution is 6.32. The zero-order valence-electron chi connectivity index (χ0n) is 11.8. The lowest BCUT2D eigenvalue weighted by atomic mass is 9.67. The van der Waals surface area contributed by atoms with E-state index in [1.54, 1.807) is 0 Å². The third-order valence-corrected chi connectivity index (χ3v) is 4.59. The molecule has 0 bridgehead atoms. The maximum Gasteiger partial charge on any atom is 0.113 e. The standard InChI is InChI=1S/C19H15B/c1-19(2)16-10-9-13(20)11-15(16)14-7-3-5-12-6-4-8-17(19)18(12)14/h3-11H,1-2H3. The molecule has 1 aliphatic rings. The molecule has 20 heavy (non-hydrogen) atoms. The van der Waals surface area contributed by atoms with Crippen molar-refractivity contribution in [1.29, 1.82) is 0 Å². The van der Waals surface area contributed by atoms with Crippen molar-refractivity contribution in [3.05, 3.63) is 65.7 Å². The molecule has 1 aliphatic carbocycles. The van der Waals surface area contributed by atoms with E-state index in [4.69, 9.17) is 7.85 Å². The van der Waals surface area contributed by atoms with Gasteiger partial charge in [-0.15, -0.1) is 0 Å². The third kappa shape index (κ3) is 1.38. The van der Waals surface area contributed by atoms with Gasteiger partial charge in [-0.3, -0.25) is 0 Å². The van der Waals surface area contributed by atoms with Crippen LogP contribution in [0.2, 0.25) is 0 Å². The Balaban J connectivity index is 2.26. The van der Waals surface area contributed by atoms with Crippen LogP contribution in [0.5, 0.6) is 0 Å². The molecule has 0 N–H and O–H groups in total. The average Bonchev–Trinajstić information content (AvgIpc) is 2.44. The highest BCUT2D eigenvalue weighted by Gasteiger charge is 2.32. The molecular weight excluding hydrogens is 239 g/mol. The summed E-state index contributed by atoms with van der Waals surface area (Å²) < 4.78 is 0. The molecule has 1 heteroatoms. The van der Waals surface area contributed by atoms with Crippen LogP contribution in [0.1, 0.15) is 25.0 Å². The normalized spacial score (nSPS) is 15.1. The van der Waals surface area contributed by atoms with Crippen molar-refractivity contribution in [1.82, 2.24) is 0 Å². The van der Waals surface area contributed by atoms with Gasteiger partial charge in [0.05, 0.1) is 0 Å². The van der Waals surface area contributed by atoms with Crippen LogP contribution in [-0.2, 0) is 5.41 Å². The topological polar surface area (TPSA) is 0 Å². The van der Waals surface area contributed by atoms with Crippen molar-refractivity contribution >= 4 is 24.1 Å². The molecular formula is C19H15B. The molecule has 0 spiro atoms. The van der Waals surface area contributed by atoms with Gasteiger partial charge in [0.2, 0.25) is 0 Å². The van der Waals surface area contributed by atoms with Gasteiger partial charge in [0, 0.05) is 5.41 Å². The van der Waals surface area contributed by atoms with Gasteiger partial charge in [0.1, 0.15) is 7.85 Å². The summed E-state index contributed by atoms with van der Waals surface area (Å²) in [6.07, 6.45) is 0. The Morgan fingerprint density at radius 1 is 0.800 bits per heavy atom. The van der Waals surface area contributed by atoms with E-state index in [0.717, 1.165) is 5.46 Å². The van der Waals surface area contributed by atoms with Crippen LogP contribution in [0.15, 0.2) is 54.6 Å². The monoisotopic (exact) mass is 254 g/mol. The van der Waals surface area contributed by atoms with Crippen molar-refractivity contribution in [2.24, 2.45) is 0 Å². The second-order valence-corrected chi connectivity index (χ2v) is 6.14. The number of rotatable bonds is 0. The van der Waals surface area contributed by atoms with Crippen molar-refractivity contribution in [2.75, 3.05) is 0 Å². The molecule has 3 aromatic carbocycles. The molecule has 3 aromatic rings. The van der Waals surface area contributed by atoms with Gasteiger partial charge in [-0.05, 0) is 33.0 Å². The van der Waals surface area contributed by atoms with Gasteiger partial charge >= 0.3 is 0 Å². The SMILES string of the molecule is [B]c1ccc2c(c1)-c1cccc3cccc(c13)C2(C)C. The smallest absolute Gasteiger partial charge is 0.0960 e. The van der Waals surface area contributed by atoms with E-state index in [1.165, 1.54) is 33.0 Å². The molecule has 0 saturated carbocycles. The van der Waals surface area contributed by atoms with Crippen LogP contribution in [0.3, 0.4) is 0 Å². The largest absolute Gasteiger partial charge is 0.113 e. The summed E-state index contributed by atoms with van der Waals surface area (Å²) in [5.41, 5.74) is 6.19. The van der Waals surface area contributed by atoms with E-state index in [1.807, 2.05) is 6.07 Å². The molecule has 0 atom stereocenters. The zero-order chi connectivity index (χ0) is 13.9. The third-order valence-electron chi connectivity index (χ3n) is 4.59. The van der Waals surface area contributed by atoms with Gasteiger partial charge in [-0.2, -0.15) is 0 Å². The lowest BCUT2D eigenvalue weighted by molar-refractivity contribution is 0.645. The van der Waals surface area contributed by atoms with Gasteiger partial charge < -0.3 is 0 Å². The number of hydrogen-bond acceptors (Lipinski definition) is 0. The summed E-state index contributed by atoms with van der Waals surface area (Å²) in [5.74, 6) is 0. The summed E-state index contributed by atoms with van der Waals surface area (Å²) in [4.78, 5) is 0. The second-order valence-electron chi connectivity index (χ2n) is 6.14. The first-order valence-electron chi connectivity index (χ1n) is 7.01. The van der Waals surface area contributed by atoms with Crippen LogP contribution < -0.4 is 5.46 Å². The Labute approximate surface area is 120 Å². The molecule has 94 valence electrons. The van der Waals surface area contributed by atoms with Crippen LogP contribution in [0, 0.1) is 0 Å². The van der Waals surface area contributed by atoms with E-state index in [2.05, 4.69) is 62.4 Å². The molecule has 0 fully saturated rings. The highest BCUT2D eigenvalue weighted by Crippen LogP contribution is 2.47. The first kappa shape index (κ1) is 11.8. The predicted octanol–water partition coefficient (Wildman–Crippen LogP) is 3.94. The molecule has 4 rings (SSSR count). The number of benzene rings is 3. The quantitative estimate of drug-likeness (QED) is 0.533. The van der Waals surface area contributed by atoms with Crippen LogP contribution in [-0.4, -0.2) is 7.85 Å². The van der Waals surface area contributed by atoms with Crippen LogP contribution in [0.25, 0.3) is 21.9 Å². The molecule has 2 radical (unpaired) electrons. The van der Waals surface area contributed by atoms with Crippen molar-refractivity contribution in [3.63, 3.8) is 0 Å². The minimum Gasteiger partial charge on any atom is -0.0960 e. The van der Waals surface area contributed by atoms with Crippen LogP contribution >= 0.6 is 0 Å².